The standard InChI is InChI=1S/C18H16F2N2O3/c1-25-18(24)22-16-8-12(5-6-15(16)20)21-17(23)14-9-13(14)10-3-2-4-11(19)7-10/h2-8,13-14H,9H2,1H3,(H,21,23)(H,22,24)/t13-,14-/m1/s1. The summed E-state index contributed by atoms with van der Waals surface area (Å²) in [6, 6.07) is 10.0. The van der Waals surface area contributed by atoms with Crippen LogP contribution in [0.5, 0.6) is 0 Å². The number of halogens is 2. The minimum absolute atomic E-state index is 0.0242. The molecule has 130 valence electrons. The highest BCUT2D eigenvalue weighted by atomic mass is 19.1. The molecule has 0 unspecified atom stereocenters. The van der Waals surface area contributed by atoms with Crippen LogP contribution < -0.4 is 10.6 Å². The Kier molecular flexibility index (Phi) is 4.65. The maximum Gasteiger partial charge on any atom is 0.411 e. The number of benzene rings is 2. The summed E-state index contributed by atoms with van der Waals surface area (Å²) in [6.45, 7) is 0. The molecule has 0 aliphatic heterocycles. The summed E-state index contributed by atoms with van der Waals surface area (Å²) in [5.41, 5.74) is 1.04. The van der Waals surface area contributed by atoms with Gasteiger partial charge in [0, 0.05) is 11.6 Å². The minimum atomic E-state index is -0.810. The molecule has 2 aromatic rings. The van der Waals surface area contributed by atoms with Gasteiger partial charge in [0.25, 0.3) is 0 Å². The lowest BCUT2D eigenvalue weighted by atomic mass is 10.1. The first-order valence-electron chi connectivity index (χ1n) is 7.69. The van der Waals surface area contributed by atoms with Gasteiger partial charge >= 0.3 is 6.09 Å². The molecule has 5 nitrogen and oxygen atoms in total. The highest BCUT2D eigenvalue weighted by Crippen LogP contribution is 2.48. The van der Waals surface area contributed by atoms with Gasteiger partial charge in [-0.1, -0.05) is 12.1 Å². The number of amides is 2. The first kappa shape index (κ1) is 16.9. The fourth-order valence-corrected chi connectivity index (χ4v) is 2.69. The summed E-state index contributed by atoms with van der Waals surface area (Å²) < 4.78 is 31.4. The van der Waals surface area contributed by atoms with E-state index in [0.717, 1.165) is 11.6 Å². The van der Waals surface area contributed by atoms with Crippen LogP contribution in [-0.2, 0) is 9.53 Å². The Morgan fingerprint density at radius 3 is 2.64 bits per heavy atom. The lowest BCUT2D eigenvalue weighted by Crippen LogP contribution is -2.16. The molecule has 2 N–H and O–H groups in total. The number of hydrogen-bond acceptors (Lipinski definition) is 3. The van der Waals surface area contributed by atoms with Crippen LogP contribution in [0.3, 0.4) is 0 Å². The maximum atomic E-state index is 13.7. The minimum Gasteiger partial charge on any atom is -0.453 e. The Morgan fingerprint density at radius 2 is 1.92 bits per heavy atom. The molecule has 1 saturated carbocycles. The average molecular weight is 346 g/mol. The number of carbonyl (C=O) groups is 2. The Labute approximate surface area is 143 Å². The molecule has 3 rings (SSSR count). The molecule has 0 radical (unpaired) electrons. The average Bonchev–Trinajstić information content (AvgIpc) is 3.38. The molecule has 0 spiro atoms. The number of carbonyl (C=O) groups excluding carboxylic acids is 2. The summed E-state index contributed by atoms with van der Waals surface area (Å²) in [7, 11) is 1.17. The van der Waals surface area contributed by atoms with Crippen LogP contribution in [0.25, 0.3) is 0 Å². The topological polar surface area (TPSA) is 67.4 Å². The Morgan fingerprint density at radius 1 is 1.12 bits per heavy atom. The van der Waals surface area contributed by atoms with Gasteiger partial charge in [-0.25, -0.2) is 13.6 Å². The van der Waals surface area contributed by atoms with E-state index in [4.69, 9.17) is 0 Å². The van der Waals surface area contributed by atoms with Crippen molar-refractivity contribution in [3.8, 4) is 0 Å². The van der Waals surface area contributed by atoms with Crippen molar-refractivity contribution in [2.75, 3.05) is 17.7 Å². The zero-order valence-electron chi connectivity index (χ0n) is 13.4. The molecule has 1 fully saturated rings. The van der Waals surface area contributed by atoms with Crippen LogP contribution in [0.2, 0.25) is 0 Å². The van der Waals surface area contributed by atoms with E-state index in [1.54, 1.807) is 12.1 Å². The fourth-order valence-electron chi connectivity index (χ4n) is 2.69. The normalized spacial score (nSPS) is 18.4. The number of methoxy groups -OCH3 is 1. The largest absolute Gasteiger partial charge is 0.453 e. The first-order chi connectivity index (χ1) is 12.0. The third kappa shape index (κ3) is 3.93. The molecule has 0 aromatic heterocycles. The van der Waals surface area contributed by atoms with Gasteiger partial charge in [0.1, 0.15) is 11.6 Å². The van der Waals surface area contributed by atoms with Crippen LogP contribution >= 0.6 is 0 Å². The van der Waals surface area contributed by atoms with E-state index in [-0.39, 0.29) is 29.2 Å². The molecule has 0 heterocycles. The number of anilines is 2. The van der Waals surface area contributed by atoms with Gasteiger partial charge in [-0.2, -0.15) is 0 Å². The predicted octanol–water partition coefficient (Wildman–Crippen LogP) is 3.89. The lowest BCUT2D eigenvalue weighted by Gasteiger charge is -2.09. The number of ether oxygens (including phenoxy) is 1. The molecule has 1 aliphatic rings. The van der Waals surface area contributed by atoms with Crippen LogP contribution in [0.1, 0.15) is 17.9 Å². The van der Waals surface area contributed by atoms with E-state index in [9.17, 15) is 18.4 Å². The molecular weight excluding hydrogens is 330 g/mol. The SMILES string of the molecule is COC(=O)Nc1cc(NC(=O)[C@@H]2C[C@@H]2c2cccc(F)c2)ccc1F. The van der Waals surface area contributed by atoms with Crippen molar-refractivity contribution in [2.24, 2.45) is 5.92 Å². The smallest absolute Gasteiger partial charge is 0.411 e. The fraction of sp³-hybridized carbons (Fsp3) is 0.222. The van der Waals surface area contributed by atoms with E-state index >= 15 is 0 Å². The van der Waals surface area contributed by atoms with Crippen molar-refractivity contribution in [3.05, 3.63) is 59.7 Å². The molecule has 1 aliphatic carbocycles. The summed E-state index contributed by atoms with van der Waals surface area (Å²) in [5, 5.41) is 4.92. The molecule has 2 amide bonds. The van der Waals surface area contributed by atoms with E-state index in [0.29, 0.717) is 12.1 Å². The van der Waals surface area contributed by atoms with Gasteiger partial charge in [0.05, 0.1) is 12.8 Å². The number of rotatable bonds is 4. The van der Waals surface area contributed by atoms with E-state index < -0.39 is 11.9 Å². The number of hydrogen-bond donors (Lipinski definition) is 2. The third-order valence-electron chi connectivity index (χ3n) is 4.06. The quantitative estimate of drug-likeness (QED) is 0.883. The van der Waals surface area contributed by atoms with Crippen molar-refractivity contribution in [2.45, 2.75) is 12.3 Å². The third-order valence-corrected chi connectivity index (χ3v) is 4.06. The summed E-state index contributed by atoms with van der Waals surface area (Å²) in [6.07, 6.45) is -0.181. The van der Waals surface area contributed by atoms with Crippen LogP contribution in [0, 0.1) is 17.6 Å². The molecule has 7 heteroatoms. The summed E-state index contributed by atoms with van der Waals surface area (Å²) >= 11 is 0. The first-order valence-corrected chi connectivity index (χ1v) is 7.69. The second-order valence-corrected chi connectivity index (χ2v) is 5.80. The van der Waals surface area contributed by atoms with Gasteiger partial charge in [-0.3, -0.25) is 10.1 Å². The number of nitrogens with one attached hydrogen (secondary N) is 2. The predicted molar refractivity (Wildman–Crippen MR) is 88.3 cm³/mol. The van der Waals surface area contributed by atoms with Crippen molar-refractivity contribution < 1.29 is 23.1 Å². The second-order valence-electron chi connectivity index (χ2n) is 5.80. The van der Waals surface area contributed by atoms with Crippen molar-refractivity contribution in [1.82, 2.24) is 0 Å². The summed E-state index contributed by atoms with van der Waals surface area (Å²) in [4.78, 5) is 23.5. The maximum absolute atomic E-state index is 13.7. The molecule has 0 bridgehead atoms. The molecule has 25 heavy (non-hydrogen) atoms. The van der Waals surface area contributed by atoms with Crippen LogP contribution in [-0.4, -0.2) is 19.1 Å². The monoisotopic (exact) mass is 346 g/mol. The highest BCUT2D eigenvalue weighted by molar-refractivity contribution is 5.96. The van der Waals surface area contributed by atoms with Crippen molar-refractivity contribution in [3.63, 3.8) is 0 Å². The van der Waals surface area contributed by atoms with Gasteiger partial charge in [0.15, 0.2) is 0 Å². The van der Waals surface area contributed by atoms with Gasteiger partial charge in [-0.05, 0) is 48.2 Å². The van der Waals surface area contributed by atoms with Gasteiger partial charge in [0.2, 0.25) is 5.91 Å². The molecular formula is C18H16F2N2O3. The molecule has 2 aromatic carbocycles. The summed E-state index contributed by atoms with van der Waals surface area (Å²) in [5.74, 6) is -1.49. The van der Waals surface area contributed by atoms with Crippen LogP contribution in [0.4, 0.5) is 25.0 Å². The van der Waals surface area contributed by atoms with E-state index in [1.807, 2.05) is 0 Å². The zero-order valence-corrected chi connectivity index (χ0v) is 13.4. The Hall–Kier alpha value is -2.96. The lowest BCUT2D eigenvalue weighted by molar-refractivity contribution is -0.117. The zero-order chi connectivity index (χ0) is 18.0. The van der Waals surface area contributed by atoms with Crippen molar-refractivity contribution >= 4 is 23.4 Å². The van der Waals surface area contributed by atoms with Gasteiger partial charge in [-0.15, -0.1) is 0 Å². The van der Waals surface area contributed by atoms with Gasteiger partial charge < -0.3 is 10.1 Å². The van der Waals surface area contributed by atoms with Crippen molar-refractivity contribution in [1.29, 1.82) is 0 Å². The molecule has 0 saturated heterocycles. The van der Waals surface area contributed by atoms with E-state index in [2.05, 4.69) is 15.4 Å². The van der Waals surface area contributed by atoms with Crippen LogP contribution in [0.15, 0.2) is 42.5 Å². The Balaban J connectivity index is 1.66. The van der Waals surface area contributed by atoms with E-state index in [1.165, 1.54) is 31.4 Å². The molecule has 2 atom stereocenters. The highest BCUT2D eigenvalue weighted by Gasteiger charge is 2.44. The second kappa shape index (κ2) is 6.88. The Bertz CT molecular complexity index is 826.